The highest BCUT2D eigenvalue weighted by Crippen LogP contribution is 2.58. The number of allylic oxidation sites excluding steroid dienone is 5. The predicted molar refractivity (Wildman–Crippen MR) is 112 cm³/mol. The van der Waals surface area contributed by atoms with Crippen LogP contribution in [0.3, 0.4) is 0 Å². The van der Waals surface area contributed by atoms with Crippen LogP contribution >= 0.6 is 0 Å². The summed E-state index contributed by atoms with van der Waals surface area (Å²) in [6, 6.07) is 30.3. The van der Waals surface area contributed by atoms with Crippen molar-refractivity contribution in [2.75, 3.05) is 0 Å². The normalized spacial score (nSPS) is 17.1. The first-order valence-corrected chi connectivity index (χ1v) is 9.40. The van der Waals surface area contributed by atoms with Crippen LogP contribution in [0.2, 0.25) is 0 Å². The fourth-order valence-corrected chi connectivity index (χ4v) is 4.71. The molecule has 130 valence electrons. The number of rotatable bonds is 2. The highest BCUT2D eigenvalue weighted by molar-refractivity contribution is 5.95. The molecular weight excluding hydrogens is 326 g/mol. The van der Waals surface area contributed by atoms with Crippen molar-refractivity contribution in [3.63, 3.8) is 0 Å². The standard InChI is InChI=1S/C26H21N/c27-24-18-10-8-16-22-21-15-7-9-17-23(21)26(25(22)24,19-11-3-1-4-12-19)20-13-5-2-6-14-20/h1-17H,18,27H2. The van der Waals surface area contributed by atoms with Crippen LogP contribution in [0.1, 0.15) is 28.7 Å². The summed E-state index contributed by atoms with van der Waals surface area (Å²) in [6.45, 7) is 0. The first-order valence-electron chi connectivity index (χ1n) is 9.40. The van der Waals surface area contributed by atoms with Crippen molar-refractivity contribution in [3.8, 4) is 0 Å². The van der Waals surface area contributed by atoms with Gasteiger partial charge in [-0.3, -0.25) is 0 Å². The second-order valence-electron chi connectivity index (χ2n) is 7.14. The van der Waals surface area contributed by atoms with Gasteiger partial charge in [-0.05, 0) is 33.4 Å². The number of benzene rings is 3. The molecule has 0 aromatic heterocycles. The van der Waals surface area contributed by atoms with Crippen LogP contribution in [0.15, 0.2) is 114 Å². The van der Waals surface area contributed by atoms with E-state index < -0.39 is 0 Å². The molecular formula is C26H21N. The number of hydrogen-bond acceptors (Lipinski definition) is 1. The van der Waals surface area contributed by atoms with Gasteiger partial charge in [-0.1, -0.05) is 103 Å². The summed E-state index contributed by atoms with van der Waals surface area (Å²) < 4.78 is 0. The van der Waals surface area contributed by atoms with Gasteiger partial charge in [-0.2, -0.15) is 0 Å². The summed E-state index contributed by atoms with van der Waals surface area (Å²) in [5, 5.41) is 0. The lowest BCUT2D eigenvalue weighted by Gasteiger charge is -2.35. The van der Waals surface area contributed by atoms with Crippen molar-refractivity contribution in [2.45, 2.75) is 11.8 Å². The number of hydrogen-bond donors (Lipinski definition) is 1. The predicted octanol–water partition coefficient (Wildman–Crippen LogP) is 5.59. The Morgan fingerprint density at radius 3 is 1.96 bits per heavy atom. The molecule has 0 amide bonds. The Bertz CT molecular complexity index is 1050. The Hall–Kier alpha value is -3.32. The molecule has 1 heteroatoms. The molecule has 0 atom stereocenters. The largest absolute Gasteiger partial charge is 0.401 e. The molecule has 0 unspecified atom stereocenters. The number of nitrogens with two attached hydrogens (primary N) is 1. The minimum Gasteiger partial charge on any atom is -0.401 e. The van der Waals surface area contributed by atoms with Crippen LogP contribution in [0.4, 0.5) is 0 Å². The molecule has 27 heavy (non-hydrogen) atoms. The van der Waals surface area contributed by atoms with E-state index in [1.54, 1.807) is 0 Å². The highest BCUT2D eigenvalue weighted by Gasteiger charge is 2.49. The molecule has 0 aliphatic heterocycles. The quantitative estimate of drug-likeness (QED) is 0.642. The topological polar surface area (TPSA) is 26.0 Å². The average molecular weight is 347 g/mol. The van der Waals surface area contributed by atoms with Gasteiger partial charge in [0.15, 0.2) is 0 Å². The molecule has 0 bridgehead atoms. The van der Waals surface area contributed by atoms with Crippen molar-refractivity contribution in [1.82, 2.24) is 0 Å². The first-order chi connectivity index (χ1) is 13.3. The van der Waals surface area contributed by atoms with Gasteiger partial charge in [0.2, 0.25) is 0 Å². The van der Waals surface area contributed by atoms with Gasteiger partial charge < -0.3 is 5.73 Å². The van der Waals surface area contributed by atoms with Crippen LogP contribution in [-0.2, 0) is 5.41 Å². The lowest BCUT2D eigenvalue weighted by Crippen LogP contribution is -2.30. The summed E-state index contributed by atoms with van der Waals surface area (Å²) in [5.41, 5.74) is 14.9. The van der Waals surface area contributed by atoms with Gasteiger partial charge in [0, 0.05) is 12.1 Å². The van der Waals surface area contributed by atoms with E-state index in [1.807, 2.05) is 0 Å². The van der Waals surface area contributed by atoms with Gasteiger partial charge in [-0.15, -0.1) is 0 Å². The second kappa shape index (κ2) is 6.14. The maximum atomic E-state index is 6.74. The summed E-state index contributed by atoms with van der Waals surface area (Å²) in [5.74, 6) is 0. The summed E-state index contributed by atoms with van der Waals surface area (Å²) in [6.07, 6.45) is 7.28. The maximum Gasteiger partial charge on any atom is 0.0730 e. The van der Waals surface area contributed by atoms with Gasteiger partial charge >= 0.3 is 0 Å². The van der Waals surface area contributed by atoms with Crippen molar-refractivity contribution >= 4 is 5.57 Å². The van der Waals surface area contributed by atoms with E-state index in [0.717, 1.165) is 12.1 Å². The zero-order valence-electron chi connectivity index (χ0n) is 15.1. The van der Waals surface area contributed by atoms with Crippen molar-refractivity contribution < 1.29 is 0 Å². The Kier molecular flexibility index (Phi) is 3.61. The monoisotopic (exact) mass is 347 g/mol. The molecule has 0 heterocycles. The molecule has 0 radical (unpaired) electrons. The number of fused-ring (bicyclic) bond motifs is 3. The van der Waals surface area contributed by atoms with Crippen molar-refractivity contribution in [1.29, 1.82) is 0 Å². The molecule has 3 aromatic rings. The molecule has 5 rings (SSSR count). The molecule has 0 spiro atoms. The Balaban J connectivity index is 1.99. The summed E-state index contributed by atoms with van der Waals surface area (Å²) >= 11 is 0. The van der Waals surface area contributed by atoms with Crippen LogP contribution in [-0.4, -0.2) is 0 Å². The average Bonchev–Trinajstić information content (AvgIpc) is 2.90. The summed E-state index contributed by atoms with van der Waals surface area (Å²) in [4.78, 5) is 0. The third-order valence-electron chi connectivity index (χ3n) is 5.74. The van der Waals surface area contributed by atoms with Crippen LogP contribution in [0.5, 0.6) is 0 Å². The Labute approximate surface area is 160 Å². The van der Waals surface area contributed by atoms with Gasteiger partial charge in [0.1, 0.15) is 0 Å². The molecule has 0 saturated heterocycles. The Morgan fingerprint density at radius 1 is 0.704 bits per heavy atom. The molecule has 0 saturated carbocycles. The van der Waals surface area contributed by atoms with E-state index in [-0.39, 0.29) is 5.41 Å². The third kappa shape index (κ3) is 2.18. The molecule has 2 aliphatic rings. The van der Waals surface area contributed by atoms with E-state index in [2.05, 4.69) is 103 Å². The SMILES string of the molecule is NC1=C2C(=CC=CC1)c1ccccc1C2(c1ccccc1)c1ccccc1. The van der Waals surface area contributed by atoms with E-state index >= 15 is 0 Å². The first kappa shape index (κ1) is 15.9. The molecule has 2 N–H and O–H groups in total. The van der Waals surface area contributed by atoms with Crippen molar-refractivity contribution in [2.24, 2.45) is 5.73 Å². The maximum absolute atomic E-state index is 6.74. The fraction of sp³-hybridized carbons (Fsp3) is 0.0769. The zero-order chi connectivity index (χ0) is 18.3. The van der Waals surface area contributed by atoms with Gasteiger partial charge in [-0.25, -0.2) is 0 Å². The van der Waals surface area contributed by atoms with E-state index in [4.69, 9.17) is 5.73 Å². The lowest BCUT2D eigenvalue weighted by atomic mass is 9.67. The lowest BCUT2D eigenvalue weighted by molar-refractivity contribution is 0.754. The molecule has 3 aromatic carbocycles. The Morgan fingerprint density at radius 2 is 1.30 bits per heavy atom. The van der Waals surface area contributed by atoms with E-state index in [9.17, 15) is 0 Å². The molecule has 0 fully saturated rings. The van der Waals surface area contributed by atoms with Crippen LogP contribution < -0.4 is 5.73 Å². The highest BCUT2D eigenvalue weighted by atomic mass is 14.6. The minimum absolute atomic E-state index is 0.388. The van der Waals surface area contributed by atoms with Crippen molar-refractivity contribution in [3.05, 3.63) is 137 Å². The zero-order valence-corrected chi connectivity index (χ0v) is 15.1. The van der Waals surface area contributed by atoms with E-state index in [1.165, 1.54) is 33.4 Å². The second-order valence-corrected chi connectivity index (χ2v) is 7.14. The minimum atomic E-state index is -0.388. The van der Waals surface area contributed by atoms with Crippen LogP contribution in [0.25, 0.3) is 5.57 Å². The molecule has 2 aliphatic carbocycles. The van der Waals surface area contributed by atoms with Gasteiger partial charge in [0.25, 0.3) is 0 Å². The smallest absolute Gasteiger partial charge is 0.0730 e. The fourth-order valence-electron chi connectivity index (χ4n) is 4.71. The molecule has 1 nitrogen and oxygen atoms in total. The van der Waals surface area contributed by atoms with Gasteiger partial charge in [0.05, 0.1) is 5.41 Å². The third-order valence-corrected chi connectivity index (χ3v) is 5.74. The summed E-state index contributed by atoms with van der Waals surface area (Å²) in [7, 11) is 0. The van der Waals surface area contributed by atoms with Crippen LogP contribution in [0, 0.1) is 0 Å². The van der Waals surface area contributed by atoms with E-state index in [0.29, 0.717) is 0 Å².